The summed E-state index contributed by atoms with van der Waals surface area (Å²) in [5.41, 5.74) is 4.64. The van der Waals surface area contributed by atoms with Gasteiger partial charge in [0, 0.05) is 12.4 Å². The fourth-order valence-corrected chi connectivity index (χ4v) is 2.42. The van der Waals surface area contributed by atoms with Crippen LogP contribution < -0.4 is 0 Å². The van der Waals surface area contributed by atoms with Crippen LogP contribution in [0.5, 0.6) is 0 Å². The van der Waals surface area contributed by atoms with Gasteiger partial charge in [0.1, 0.15) is 0 Å². The third-order valence-electron chi connectivity index (χ3n) is 3.62. The lowest BCUT2D eigenvalue weighted by Crippen LogP contribution is -2.02. The molecule has 0 saturated heterocycles. The van der Waals surface area contributed by atoms with Gasteiger partial charge in [-0.2, -0.15) is 0 Å². The van der Waals surface area contributed by atoms with Crippen LogP contribution in [0.15, 0.2) is 12.4 Å². The van der Waals surface area contributed by atoms with Crippen molar-refractivity contribution >= 4 is 0 Å². The summed E-state index contributed by atoms with van der Waals surface area (Å²) in [7, 11) is 0. The Hall–Kier alpha value is -0.850. The lowest BCUT2D eigenvalue weighted by atomic mass is 9.93. The number of unbranched alkanes of at least 4 members (excludes halogenated alkanes) is 3. The van der Waals surface area contributed by atoms with Crippen LogP contribution in [0, 0.1) is 0 Å². The highest BCUT2D eigenvalue weighted by atomic mass is 14.6. The maximum Gasteiger partial charge on any atom is 0.0302 e. The molecule has 1 rings (SSSR count). The monoisotopic (exact) mass is 247 g/mol. The number of pyridine rings is 1. The van der Waals surface area contributed by atoms with Crippen molar-refractivity contribution in [3.05, 3.63) is 29.1 Å². The van der Waals surface area contributed by atoms with E-state index in [1.54, 1.807) is 5.56 Å². The van der Waals surface area contributed by atoms with E-state index in [2.05, 4.69) is 38.1 Å². The largest absolute Gasteiger partial charge is 0.264 e. The molecule has 1 heteroatoms. The smallest absolute Gasteiger partial charge is 0.0302 e. The summed E-state index contributed by atoms with van der Waals surface area (Å²) in [5, 5.41) is 0. The van der Waals surface area contributed by atoms with Crippen molar-refractivity contribution in [3.8, 4) is 0 Å². The van der Waals surface area contributed by atoms with Crippen LogP contribution in [0.3, 0.4) is 0 Å². The van der Waals surface area contributed by atoms with E-state index in [0.717, 1.165) is 0 Å². The summed E-state index contributed by atoms with van der Waals surface area (Å²) >= 11 is 0. The molecule has 0 aliphatic rings. The van der Waals surface area contributed by atoms with E-state index in [-0.39, 0.29) is 0 Å². The third kappa shape index (κ3) is 4.80. The van der Waals surface area contributed by atoms with E-state index in [1.165, 1.54) is 68.9 Å². The minimum Gasteiger partial charge on any atom is -0.264 e. The molecule has 1 aromatic rings. The fraction of sp³-hybridized carbons (Fsp3) is 0.706. The predicted octanol–water partition coefficient (Wildman–Crippen LogP) is 5.11. The van der Waals surface area contributed by atoms with E-state index in [0.29, 0.717) is 0 Å². The molecule has 18 heavy (non-hydrogen) atoms. The zero-order valence-corrected chi connectivity index (χ0v) is 12.5. The molecule has 0 atom stereocenters. The second kappa shape index (κ2) is 9.13. The molecular formula is C17H29N. The first-order valence-corrected chi connectivity index (χ1v) is 7.78. The topological polar surface area (TPSA) is 12.9 Å². The Kier molecular flexibility index (Phi) is 7.71. The molecular weight excluding hydrogens is 218 g/mol. The normalized spacial score (nSPS) is 10.8. The van der Waals surface area contributed by atoms with Gasteiger partial charge < -0.3 is 0 Å². The van der Waals surface area contributed by atoms with E-state index in [1.807, 2.05) is 0 Å². The molecule has 1 heterocycles. The lowest BCUT2D eigenvalue weighted by molar-refractivity contribution is 0.729. The number of hydrogen-bond donors (Lipinski definition) is 0. The third-order valence-corrected chi connectivity index (χ3v) is 3.62. The van der Waals surface area contributed by atoms with Gasteiger partial charge in [-0.05, 0) is 55.2 Å². The Labute approximate surface area is 113 Å². The van der Waals surface area contributed by atoms with Crippen LogP contribution in [0.1, 0.15) is 76.0 Å². The fourth-order valence-electron chi connectivity index (χ4n) is 2.42. The second-order valence-electron chi connectivity index (χ2n) is 5.25. The second-order valence-corrected chi connectivity index (χ2v) is 5.25. The zero-order chi connectivity index (χ0) is 13.2. The molecule has 0 fully saturated rings. The summed E-state index contributed by atoms with van der Waals surface area (Å²) in [6.45, 7) is 6.80. The van der Waals surface area contributed by atoms with Crippen LogP contribution >= 0.6 is 0 Å². The van der Waals surface area contributed by atoms with Gasteiger partial charge in [-0.15, -0.1) is 0 Å². The predicted molar refractivity (Wildman–Crippen MR) is 80.1 cm³/mol. The molecule has 0 unspecified atom stereocenters. The van der Waals surface area contributed by atoms with Crippen molar-refractivity contribution in [1.29, 1.82) is 0 Å². The molecule has 1 nitrogen and oxygen atoms in total. The molecule has 0 bridgehead atoms. The van der Waals surface area contributed by atoms with Gasteiger partial charge in [-0.3, -0.25) is 4.98 Å². The number of aryl methyl sites for hydroxylation is 2. The maximum absolute atomic E-state index is 4.46. The van der Waals surface area contributed by atoms with Crippen LogP contribution in [-0.4, -0.2) is 4.98 Å². The molecule has 0 aromatic carbocycles. The summed E-state index contributed by atoms with van der Waals surface area (Å²) in [6, 6.07) is 0. The van der Waals surface area contributed by atoms with Crippen LogP contribution in [0.2, 0.25) is 0 Å². The van der Waals surface area contributed by atoms with Crippen molar-refractivity contribution in [2.75, 3.05) is 0 Å². The van der Waals surface area contributed by atoms with Crippen molar-refractivity contribution in [2.45, 2.75) is 78.6 Å². The van der Waals surface area contributed by atoms with E-state index >= 15 is 0 Å². The number of hydrogen-bond acceptors (Lipinski definition) is 1. The van der Waals surface area contributed by atoms with Crippen LogP contribution in [0.25, 0.3) is 0 Å². The number of aromatic nitrogens is 1. The van der Waals surface area contributed by atoms with E-state index < -0.39 is 0 Å². The Morgan fingerprint density at radius 2 is 1.17 bits per heavy atom. The highest BCUT2D eigenvalue weighted by molar-refractivity contribution is 5.32. The maximum atomic E-state index is 4.46. The van der Waals surface area contributed by atoms with Crippen molar-refractivity contribution in [2.24, 2.45) is 0 Å². The summed E-state index contributed by atoms with van der Waals surface area (Å²) in [6.07, 6.45) is 15.6. The lowest BCUT2D eigenvalue weighted by Gasteiger charge is -2.14. The molecule has 102 valence electrons. The Morgan fingerprint density at radius 3 is 1.61 bits per heavy atom. The number of rotatable bonds is 9. The highest BCUT2D eigenvalue weighted by Gasteiger charge is 2.08. The summed E-state index contributed by atoms with van der Waals surface area (Å²) in [5.74, 6) is 0. The number of nitrogens with zero attached hydrogens (tertiary/aromatic N) is 1. The molecule has 0 radical (unpaired) electrons. The Bertz CT molecular complexity index is 304. The van der Waals surface area contributed by atoms with Crippen molar-refractivity contribution in [1.82, 2.24) is 4.98 Å². The van der Waals surface area contributed by atoms with Gasteiger partial charge >= 0.3 is 0 Å². The molecule has 0 N–H and O–H groups in total. The van der Waals surface area contributed by atoms with Gasteiger partial charge in [-0.1, -0.05) is 40.0 Å². The average Bonchev–Trinajstić information content (AvgIpc) is 2.41. The first kappa shape index (κ1) is 15.2. The molecule has 0 amide bonds. The Morgan fingerprint density at radius 1 is 0.722 bits per heavy atom. The van der Waals surface area contributed by atoms with E-state index in [9.17, 15) is 0 Å². The SMILES string of the molecule is CCCCc1cncc(CCCC)c1CCCC. The minimum absolute atomic E-state index is 1.21. The quantitative estimate of drug-likeness (QED) is 0.591. The summed E-state index contributed by atoms with van der Waals surface area (Å²) in [4.78, 5) is 4.46. The molecule has 0 saturated carbocycles. The zero-order valence-electron chi connectivity index (χ0n) is 12.5. The van der Waals surface area contributed by atoms with Crippen molar-refractivity contribution in [3.63, 3.8) is 0 Å². The Balaban J connectivity index is 2.85. The van der Waals surface area contributed by atoms with E-state index in [4.69, 9.17) is 0 Å². The van der Waals surface area contributed by atoms with Gasteiger partial charge in [0.05, 0.1) is 0 Å². The highest BCUT2D eigenvalue weighted by Crippen LogP contribution is 2.20. The van der Waals surface area contributed by atoms with Gasteiger partial charge in [0.2, 0.25) is 0 Å². The average molecular weight is 247 g/mol. The molecule has 0 aliphatic heterocycles. The van der Waals surface area contributed by atoms with Crippen molar-refractivity contribution < 1.29 is 0 Å². The van der Waals surface area contributed by atoms with Gasteiger partial charge in [-0.25, -0.2) is 0 Å². The first-order valence-electron chi connectivity index (χ1n) is 7.78. The minimum atomic E-state index is 1.21. The van der Waals surface area contributed by atoms with Gasteiger partial charge in [0.15, 0.2) is 0 Å². The van der Waals surface area contributed by atoms with Crippen LogP contribution in [-0.2, 0) is 19.3 Å². The first-order chi connectivity index (χ1) is 8.83. The van der Waals surface area contributed by atoms with Crippen LogP contribution in [0.4, 0.5) is 0 Å². The van der Waals surface area contributed by atoms with Gasteiger partial charge in [0.25, 0.3) is 0 Å². The standard InChI is InChI=1S/C17H29N/c1-4-7-10-15-13-18-14-16(11-8-5-2)17(15)12-9-6-3/h13-14H,4-12H2,1-3H3. The molecule has 1 aromatic heterocycles. The summed E-state index contributed by atoms with van der Waals surface area (Å²) < 4.78 is 0. The molecule has 0 spiro atoms. The molecule has 0 aliphatic carbocycles.